The fourth-order valence-electron chi connectivity index (χ4n) is 3.37. The second-order valence-electron chi connectivity index (χ2n) is 8.19. The summed E-state index contributed by atoms with van der Waals surface area (Å²) in [5.74, 6) is 1.24. The average Bonchev–Trinajstić information content (AvgIpc) is 3.09. The smallest absolute Gasteiger partial charge is 0.411 e. The lowest BCUT2D eigenvalue weighted by Gasteiger charge is -2.30. The van der Waals surface area contributed by atoms with Crippen LogP contribution in [0, 0.1) is 24.2 Å². The van der Waals surface area contributed by atoms with Crippen molar-refractivity contribution in [3.05, 3.63) is 52.8 Å². The van der Waals surface area contributed by atoms with Crippen LogP contribution < -0.4 is 10.1 Å². The summed E-state index contributed by atoms with van der Waals surface area (Å²) in [4.78, 5) is 25.0. The molecule has 34 heavy (non-hydrogen) atoms. The molecule has 3 heterocycles. The first-order chi connectivity index (χ1) is 16.2. The van der Waals surface area contributed by atoms with E-state index in [0.717, 1.165) is 24.9 Å². The first-order valence-electron chi connectivity index (χ1n) is 10.7. The minimum atomic E-state index is -0.559. The Balaban J connectivity index is 0.000000396. The van der Waals surface area contributed by atoms with Crippen LogP contribution in [-0.2, 0) is 4.74 Å². The Labute approximate surface area is 202 Å². The number of likely N-dealkylation sites (tertiary alicyclic amines) is 1. The number of hydrogen-bond acceptors (Lipinski definition) is 7. The van der Waals surface area contributed by atoms with Crippen molar-refractivity contribution in [2.45, 2.75) is 26.9 Å². The minimum absolute atomic E-state index is 0.223. The highest BCUT2D eigenvalue weighted by atomic mass is 35.5. The van der Waals surface area contributed by atoms with Gasteiger partial charge in [-0.2, -0.15) is 10.4 Å². The van der Waals surface area contributed by atoms with Crippen LogP contribution in [0.25, 0.3) is 5.52 Å². The number of aryl methyl sites for hydroxylation is 1. The molecule has 3 aromatic rings. The van der Waals surface area contributed by atoms with Gasteiger partial charge in [0.15, 0.2) is 12.0 Å². The van der Waals surface area contributed by atoms with E-state index in [0.29, 0.717) is 39.2 Å². The van der Waals surface area contributed by atoms with E-state index in [-0.39, 0.29) is 6.10 Å². The molecule has 1 N–H and O–H groups in total. The molecule has 0 bridgehead atoms. The number of anilines is 1. The Morgan fingerprint density at radius 2 is 2.06 bits per heavy atom. The van der Waals surface area contributed by atoms with Gasteiger partial charge >= 0.3 is 6.09 Å². The zero-order valence-electron chi connectivity index (χ0n) is 19.4. The number of ether oxygens (including phenoxy) is 2. The van der Waals surface area contributed by atoms with Crippen LogP contribution in [0.2, 0.25) is 5.02 Å². The van der Waals surface area contributed by atoms with Gasteiger partial charge in [0.1, 0.15) is 11.3 Å². The van der Waals surface area contributed by atoms with Gasteiger partial charge in [0.05, 0.1) is 29.3 Å². The summed E-state index contributed by atoms with van der Waals surface area (Å²) in [6, 6.07) is 8.75. The predicted molar refractivity (Wildman–Crippen MR) is 129 cm³/mol. The molecule has 0 aliphatic carbocycles. The quantitative estimate of drug-likeness (QED) is 0.512. The van der Waals surface area contributed by atoms with Crippen LogP contribution >= 0.6 is 11.6 Å². The normalized spacial score (nSPS) is 13.4. The summed E-state index contributed by atoms with van der Waals surface area (Å²) < 4.78 is 12.5. The van der Waals surface area contributed by atoms with E-state index in [1.165, 1.54) is 0 Å². The van der Waals surface area contributed by atoms with Crippen molar-refractivity contribution in [1.82, 2.24) is 14.5 Å². The zero-order valence-corrected chi connectivity index (χ0v) is 20.2. The second-order valence-corrected chi connectivity index (χ2v) is 8.60. The Bertz CT molecular complexity index is 1230. The van der Waals surface area contributed by atoms with Crippen LogP contribution in [0.15, 0.2) is 36.7 Å². The summed E-state index contributed by atoms with van der Waals surface area (Å²) in [5, 5.41) is 15.3. The number of hydrogen-bond donors (Lipinski definition) is 1. The summed E-state index contributed by atoms with van der Waals surface area (Å²) in [7, 11) is 2.02. The van der Waals surface area contributed by atoms with Gasteiger partial charge in [-0.15, -0.1) is 0 Å². The van der Waals surface area contributed by atoms with Crippen LogP contribution in [0.1, 0.15) is 29.8 Å². The molecule has 1 aliphatic rings. The van der Waals surface area contributed by atoms with Crippen molar-refractivity contribution in [2.75, 3.05) is 25.5 Å². The van der Waals surface area contributed by atoms with Gasteiger partial charge in [0.2, 0.25) is 0 Å². The maximum absolute atomic E-state index is 11.7. The number of nitrogens with one attached hydrogen (secondary N) is 1. The minimum Gasteiger partial charge on any atom is -0.453 e. The number of aromatic nitrogens is 2. The molecule has 0 atom stereocenters. The molecule has 1 aromatic carbocycles. The Kier molecular flexibility index (Phi) is 8.10. The molecular formula is C24H26ClN5O4. The number of amides is 1. The molecule has 1 saturated heterocycles. The van der Waals surface area contributed by atoms with Crippen molar-refractivity contribution in [2.24, 2.45) is 5.92 Å². The molecule has 0 radical (unpaired) electrons. The predicted octanol–water partition coefficient (Wildman–Crippen LogP) is 4.93. The molecular weight excluding hydrogens is 458 g/mol. The van der Waals surface area contributed by atoms with E-state index in [1.807, 2.05) is 14.0 Å². The van der Waals surface area contributed by atoms with Gasteiger partial charge in [-0.1, -0.05) is 11.6 Å². The number of nitriles is 1. The lowest BCUT2D eigenvalue weighted by atomic mass is 10.0. The SMILES string of the molecule is CN1CC(C#N)C1.Cc1c(C=O)cn2nccc(Oc3ccc(NC(=O)OC(C)C)cc3Cl)c12. The van der Waals surface area contributed by atoms with E-state index >= 15 is 0 Å². The second kappa shape index (κ2) is 11.0. The molecule has 1 fully saturated rings. The van der Waals surface area contributed by atoms with Crippen molar-refractivity contribution in [1.29, 1.82) is 5.26 Å². The van der Waals surface area contributed by atoms with Crippen molar-refractivity contribution < 1.29 is 19.1 Å². The lowest BCUT2D eigenvalue weighted by molar-refractivity contribution is 0.112. The maximum Gasteiger partial charge on any atom is 0.411 e. The van der Waals surface area contributed by atoms with Gasteiger partial charge < -0.3 is 14.4 Å². The Morgan fingerprint density at radius 3 is 2.62 bits per heavy atom. The van der Waals surface area contributed by atoms with Gasteiger partial charge in [-0.25, -0.2) is 9.31 Å². The van der Waals surface area contributed by atoms with Crippen LogP contribution in [0.3, 0.4) is 0 Å². The zero-order chi connectivity index (χ0) is 24.8. The number of nitrogens with zero attached hydrogens (tertiary/aromatic N) is 4. The van der Waals surface area contributed by atoms with E-state index in [9.17, 15) is 9.59 Å². The highest BCUT2D eigenvalue weighted by molar-refractivity contribution is 6.32. The van der Waals surface area contributed by atoms with Gasteiger partial charge in [0.25, 0.3) is 0 Å². The van der Waals surface area contributed by atoms with Gasteiger partial charge in [0, 0.05) is 36.6 Å². The first kappa shape index (κ1) is 25.0. The number of benzene rings is 1. The molecule has 0 spiro atoms. The van der Waals surface area contributed by atoms with Gasteiger partial charge in [-0.05, 0) is 51.6 Å². The summed E-state index contributed by atoms with van der Waals surface area (Å²) in [5.41, 5.74) is 2.46. The molecule has 0 unspecified atom stereocenters. The summed E-state index contributed by atoms with van der Waals surface area (Å²) in [6.45, 7) is 7.28. The van der Waals surface area contributed by atoms with E-state index < -0.39 is 6.09 Å². The third kappa shape index (κ3) is 6.04. The lowest BCUT2D eigenvalue weighted by Crippen LogP contribution is -2.42. The molecule has 2 aromatic heterocycles. The average molecular weight is 484 g/mol. The fraction of sp³-hybridized carbons (Fsp3) is 0.333. The molecule has 1 amide bonds. The van der Waals surface area contributed by atoms with Crippen molar-refractivity contribution >= 4 is 35.2 Å². The number of fused-ring (bicyclic) bond motifs is 1. The van der Waals surface area contributed by atoms with E-state index in [4.69, 9.17) is 26.3 Å². The van der Waals surface area contributed by atoms with Crippen LogP contribution in [-0.4, -0.2) is 53.1 Å². The third-order valence-electron chi connectivity index (χ3n) is 5.04. The Morgan fingerprint density at radius 1 is 1.32 bits per heavy atom. The maximum atomic E-state index is 11.7. The van der Waals surface area contributed by atoms with E-state index in [2.05, 4.69) is 21.4 Å². The number of carbonyl (C=O) groups excluding carboxylic acids is 2. The van der Waals surface area contributed by atoms with Crippen LogP contribution in [0.5, 0.6) is 11.5 Å². The topological polar surface area (TPSA) is 109 Å². The van der Waals surface area contributed by atoms with Crippen LogP contribution in [0.4, 0.5) is 10.5 Å². The van der Waals surface area contributed by atoms with E-state index in [1.54, 1.807) is 55.0 Å². The third-order valence-corrected chi connectivity index (χ3v) is 5.34. The number of halogens is 1. The fourth-order valence-corrected chi connectivity index (χ4v) is 3.58. The molecule has 1 aliphatic heterocycles. The van der Waals surface area contributed by atoms with Crippen molar-refractivity contribution in [3.8, 4) is 17.6 Å². The van der Waals surface area contributed by atoms with Gasteiger partial charge in [-0.3, -0.25) is 10.1 Å². The summed E-state index contributed by atoms with van der Waals surface area (Å²) in [6.07, 6.45) is 3.20. The molecule has 4 rings (SSSR count). The molecule has 0 saturated carbocycles. The monoisotopic (exact) mass is 483 g/mol. The highest BCUT2D eigenvalue weighted by Crippen LogP contribution is 2.35. The number of rotatable bonds is 5. The largest absolute Gasteiger partial charge is 0.453 e. The number of aldehydes is 1. The highest BCUT2D eigenvalue weighted by Gasteiger charge is 2.21. The molecule has 178 valence electrons. The summed E-state index contributed by atoms with van der Waals surface area (Å²) >= 11 is 6.30. The first-order valence-corrected chi connectivity index (χ1v) is 11.0. The Hall–Kier alpha value is -3.61. The standard InChI is InChI=1S/C19H18ClN3O4.C5H8N2/c1-11(2)26-19(25)22-14-4-5-16(15(20)8-14)27-17-6-7-21-23-9-13(10-24)12(3)18(17)23;1-7-3-5(2-6)4-7/h4-11H,1-3H3,(H,22,25);5H,3-4H2,1H3. The molecule has 10 heteroatoms. The number of carbonyl (C=O) groups is 2. The molecule has 9 nitrogen and oxygen atoms in total. The van der Waals surface area contributed by atoms with Crippen molar-refractivity contribution in [3.63, 3.8) is 0 Å².